The van der Waals surface area contributed by atoms with Crippen molar-refractivity contribution in [2.75, 3.05) is 11.5 Å². The van der Waals surface area contributed by atoms with Crippen molar-refractivity contribution in [1.29, 1.82) is 0 Å². The minimum atomic E-state index is 0.698. The lowest BCUT2D eigenvalue weighted by molar-refractivity contribution is 0.483. The van der Waals surface area contributed by atoms with E-state index >= 15 is 0 Å². The molecule has 94 valence electrons. The summed E-state index contributed by atoms with van der Waals surface area (Å²) in [5, 5.41) is 6.25. The Morgan fingerprint density at radius 3 is 3.00 bits per heavy atom. The van der Waals surface area contributed by atoms with E-state index in [1.54, 1.807) is 0 Å². The molecule has 2 heterocycles. The van der Waals surface area contributed by atoms with E-state index in [1.807, 2.05) is 12.4 Å². The lowest BCUT2D eigenvalue weighted by Gasteiger charge is -2.23. The predicted octanol–water partition coefficient (Wildman–Crippen LogP) is 3.22. The molecular weight excluding hydrogens is 240 g/mol. The zero-order chi connectivity index (χ0) is 12.2. The zero-order valence-corrected chi connectivity index (χ0v) is 11.2. The fourth-order valence-electron chi connectivity index (χ4n) is 2.50. The summed E-state index contributed by atoms with van der Waals surface area (Å²) < 4.78 is 0. The van der Waals surface area contributed by atoms with E-state index < -0.39 is 0 Å². The highest BCUT2D eigenvalue weighted by Gasteiger charge is 2.13. The summed E-state index contributed by atoms with van der Waals surface area (Å²) in [7, 11) is 0. The third kappa shape index (κ3) is 2.68. The molecule has 2 nitrogen and oxygen atoms in total. The van der Waals surface area contributed by atoms with Crippen molar-refractivity contribution in [1.82, 2.24) is 10.3 Å². The number of pyridine rings is 1. The molecule has 0 saturated carbocycles. The lowest BCUT2D eigenvalue weighted by atomic mass is 10.1. The summed E-state index contributed by atoms with van der Waals surface area (Å²) in [5.74, 6) is 2.61. The molecule has 2 aromatic rings. The molecule has 0 atom stereocenters. The van der Waals surface area contributed by atoms with Gasteiger partial charge in [0.2, 0.25) is 0 Å². The summed E-state index contributed by atoms with van der Waals surface area (Å²) in [5.41, 5.74) is 1.38. The van der Waals surface area contributed by atoms with Crippen LogP contribution in [0.3, 0.4) is 0 Å². The summed E-state index contributed by atoms with van der Waals surface area (Å²) in [6, 6.07) is 9.28. The molecule has 1 N–H and O–H groups in total. The van der Waals surface area contributed by atoms with Crippen molar-refractivity contribution < 1.29 is 0 Å². The van der Waals surface area contributed by atoms with Crippen molar-refractivity contribution in [2.45, 2.75) is 25.4 Å². The van der Waals surface area contributed by atoms with Gasteiger partial charge in [0.05, 0.1) is 0 Å². The van der Waals surface area contributed by atoms with Gasteiger partial charge in [-0.2, -0.15) is 11.8 Å². The number of rotatable bonds is 3. The van der Waals surface area contributed by atoms with Crippen LogP contribution in [0.15, 0.2) is 36.7 Å². The molecule has 0 amide bonds. The Morgan fingerprint density at radius 2 is 2.11 bits per heavy atom. The van der Waals surface area contributed by atoms with Gasteiger partial charge in [-0.15, -0.1) is 0 Å². The summed E-state index contributed by atoms with van der Waals surface area (Å²) in [6.07, 6.45) is 6.42. The Morgan fingerprint density at radius 1 is 1.22 bits per heavy atom. The molecule has 0 bridgehead atoms. The van der Waals surface area contributed by atoms with E-state index in [-0.39, 0.29) is 0 Å². The molecule has 1 aromatic carbocycles. The van der Waals surface area contributed by atoms with Gasteiger partial charge in [-0.3, -0.25) is 4.98 Å². The van der Waals surface area contributed by atoms with Crippen molar-refractivity contribution in [3.8, 4) is 0 Å². The molecule has 0 spiro atoms. The molecule has 1 saturated heterocycles. The third-order valence-corrected chi connectivity index (χ3v) is 4.62. The highest BCUT2D eigenvalue weighted by atomic mass is 32.2. The van der Waals surface area contributed by atoms with Crippen molar-refractivity contribution in [2.24, 2.45) is 0 Å². The number of thioether (sulfide) groups is 1. The number of benzene rings is 1. The van der Waals surface area contributed by atoms with Crippen LogP contribution >= 0.6 is 11.8 Å². The zero-order valence-electron chi connectivity index (χ0n) is 10.4. The molecular formula is C15H18N2S. The molecule has 1 aliphatic heterocycles. The van der Waals surface area contributed by atoms with E-state index in [2.05, 4.69) is 46.3 Å². The van der Waals surface area contributed by atoms with Gasteiger partial charge >= 0.3 is 0 Å². The topological polar surface area (TPSA) is 24.9 Å². The second kappa shape index (κ2) is 5.72. The first kappa shape index (κ1) is 12.0. The van der Waals surface area contributed by atoms with Crippen molar-refractivity contribution >= 4 is 22.5 Å². The van der Waals surface area contributed by atoms with E-state index in [4.69, 9.17) is 0 Å². The molecule has 3 heteroatoms. The van der Waals surface area contributed by atoms with Crippen LogP contribution in [0.1, 0.15) is 18.4 Å². The maximum Gasteiger partial charge on any atom is 0.0346 e. The Labute approximate surface area is 112 Å². The van der Waals surface area contributed by atoms with Crippen molar-refractivity contribution in [3.05, 3.63) is 42.2 Å². The van der Waals surface area contributed by atoms with E-state index in [1.165, 1.54) is 40.7 Å². The van der Waals surface area contributed by atoms with Crippen LogP contribution in [0.25, 0.3) is 10.8 Å². The summed E-state index contributed by atoms with van der Waals surface area (Å²) >= 11 is 2.07. The molecule has 1 fully saturated rings. The predicted molar refractivity (Wildman–Crippen MR) is 78.9 cm³/mol. The van der Waals surface area contributed by atoms with Gasteiger partial charge in [0.25, 0.3) is 0 Å². The smallest absolute Gasteiger partial charge is 0.0346 e. The second-order valence-electron chi connectivity index (χ2n) is 4.78. The van der Waals surface area contributed by atoms with Crippen LogP contribution < -0.4 is 5.32 Å². The fraction of sp³-hybridized carbons (Fsp3) is 0.400. The highest BCUT2D eigenvalue weighted by molar-refractivity contribution is 7.99. The van der Waals surface area contributed by atoms with Crippen molar-refractivity contribution in [3.63, 3.8) is 0 Å². The molecule has 0 radical (unpaired) electrons. The molecule has 1 aromatic heterocycles. The van der Waals surface area contributed by atoms with Gasteiger partial charge in [-0.25, -0.2) is 0 Å². The van der Waals surface area contributed by atoms with Gasteiger partial charge in [-0.1, -0.05) is 18.2 Å². The van der Waals surface area contributed by atoms with E-state index in [0.717, 1.165) is 6.54 Å². The van der Waals surface area contributed by atoms with Crippen LogP contribution in [-0.4, -0.2) is 22.5 Å². The number of hydrogen-bond donors (Lipinski definition) is 1. The van der Waals surface area contributed by atoms with E-state index in [0.29, 0.717) is 6.04 Å². The van der Waals surface area contributed by atoms with Gasteiger partial charge in [0.15, 0.2) is 0 Å². The molecule has 3 rings (SSSR count). The minimum Gasteiger partial charge on any atom is -0.310 e. The average molecular weight is 258 g/mol. The third-order valence-electron chi connectivity index (χ3n) is 3.57. The monoisotopic (exact) mass is 258 g/mol. The SMILES string of the molecule is c1cc(CNC2CCSCC2)c2ccncc2c1. The number of nitrogens with one attached hydrogen (secondary N) is 1. The normalized spacial score (nSPS) is 17.1. The molecule has 1 aliphatic rings. The van der Waals surface area contributed by atoms with Crippen LogP contribution in [0.5, 0.6) is 0 Å². The number of hydrogen-bond acceptors (Lipinski definition) is 3. The lowest BCUT2D eigenvalue weighted by Crippen LogP contribution is -2.32. The second-order valence-corrected chi connectivity index (χ2v) is 6.01. The first-order chi connectivity index (χ1) is 8.93. The number of aromatic nitrogens is 1. The standard InChI is InChI=1S/C15H18N2S/c1-2-12-10-16-7-4-15(12)13(3-1)11-17-14-5-8-18-9-6-14/h1-4,7,10,14,17H,5-6,8-9,11H2. The largest absolute Gasteiger partial charge is 0.310 e. The van der Waals surface area contributed by atoms with Crippen LogP contribution in [0.4, 0.5) is 0 Å². The Kier molecular flexibility index (Phi) is 3.81. The maximum absolute atomic E-state index is 4.18. The average Bonchev–Trinajstić information content (AvgIpc) is 2.46. The van der Waals surface area contributed by atoms with Gasteiger partial charge in [0, 0.05) is 30.4 Å². The first-order valence-electron chi connectivity index (χ1n) is 6.56. The van der Waals surface area contributed by atoms with Gasteiger partial charge < -0.3 is 5.32 Å². The maximum atomic E-state index is 4.18. The minimum absolute atomic E-state index is 0.698. The van der Waals surface area contributed by atoms with Crippen LogP contribution in [-0.2, 0) is 6.54 Å². The molecule has 18 heavy (non-hydrogen) atoms. The Balaban J connectivity index is 1.74. The Hall–Kier alpha value is -1.06. The summed E-state index contributed by atoms with van der Waals surface area (Å²) in [4.78, 5) is 4.18. The number of fused-ring (bicyclic) bond motifs is 1. The van der Waals surface area contributed by atoms with Crippen LogP contribution in [0, 0.1) is 0 Å². The fourth-order valence-corrected chi connectivity index (χ4v) is 3.61. The molecule has 0 aliphatic carbocycles. The number of nitrogens with zero attached hydrogens (tertiary/aromatic N) is 1. The van der Waals surface area contributed by atoms with E-state index in [9.17, 15) is 0 Å². The highest BCUT2D eigenvalue weighted by Crippen LogP contribution is 2.20. The quantitative estimate of drug-likeness (QED) is 0.915. The summed E-state index contributed by atoms with van der Waals surface area (Å²) in [6.45, 7) is 0.969. The first-order valence-corrected chi connectivity index (χ1v) is 7.72. The van der Waals surface area contributed by atoms with Crippen LogP contribution in [0.2, 0.25) is 0 Å². The van der Waals surface area contributed by atoms with Gasteiger partial charge in [0.1, 0.15) is 0 Å². The molecule has 0 unspecified atom stereocenters. The van der Waals surface area contributed by atoms with Gasteiger partial charge in [-0.05, 0) is 41.4 Å². The Bertz CT molecular complexity index is 515.